The average Bonchev–Trinajstić information content (AvgIpc) is 2.85. The number of hydrogen-bond acceptors (Lipinski definition) is 4. The zero-order valence-corrected chi connectivity index (χ0v) is 18.2. The zero-order valence-electron chi connectivity index (χ0n) is 18.2. The Hall–Kier alpha value is -4.26. The van der Waals surface area contributed by atoms with E-state index in [9.17, 15) is 14.4 Å². The first-order valence-corrected chi connectivity index (χ1v) is 10.8. The Kier molecular flexibility index (Phi) is 6.59. The molecule has 2 amide bonds. The minimum absolute atomic E-state index is 0.0801. The van der Waals surface area contributed by atoms with Crippen LogP contribution < -0.4 is 16.4 Å². The number of amides is 2. The van der Waals surface area contributed by atoms with E-state index in [2.05, 4.69) is 16.0 Å². The molecule has 0 aliphatic carbocycles. The molecule has 3 aromatic carbocycles. The Labute approximate surface area is 191 Å². The maximum absolute atomic E-state index is 12.9. The lowest BCUT2D eigenvalue weighted by Crippen LogP contribution is -2.43. The number of rotatable bonds is 6. The SMILES string of the molecule is CCCn1nc(C(=O)NNC(=O)c2ccccc2Cc2ccccc2)c2ccccc2c1=O. The van der Waals surface area contributed by atoms with Gasteiger partial charge in [-0.3, -0.25) is 25.2 Å². The Bertz CT molecular complexity index is 1360. The van der Waals surface area contributed by atoms with Crippen molar-refractivity contribution < 1.29 is 9.59 Å². The molecular formula is C26H24N4O3. The van der Waals surface area contributed by atoms with E-state index in [-0.39, 0.29) is 11.3 Å². The zero-order chi connectivity index (χ0) is 23.2. The van der Waals surface area contributed by atoms with Gasteiger partial charge in [-0.15, -0.1) is 0 Å². The van der Waals surface area contributed by atoms with Crippen LogP contribution in [0.3, 0.4) is 0 Å². The maximum Gasteiger partial charge on any atom is 0.290 e. The minimum atomic E-state index is -0.593. The van der Waals surface area contributed by atoms with E-state index in [0.717, 1.165) is 11.1 Å². The molecule has 7 heteroatoms. The van der Waals surface area contributed by atoms with E-state index in [0.29, 0.717) is 35.7 Å². The van der Waals surface area contributed by atoms with Crippen molar-refractivity contribution in [3.8, 4) is 0 Å². The van der Waals surface area contributed by atoms with Crippen molar-refractivity contribution in [3.05, 3.63) is 112 Å². The summed E-state index contributed by atoms with van der Waals surface area (Å²) in [5.41, 5.74) is 7.16. The molecule has 4 aromatic rings. The molecule has 0 saturated carbocycles. The summed E-state index contributed by atoms with van der Waals surface area (Å²) in [4.78, 5) is 38.4. The summed E-state index contributed by atoms with van der Waals surface area (Å²) in [6.07, 6.45) is 1.29. The second kappa shape index (κ2) is 9.91. The summed E-state index contributed by atoms with van der Waals surface area (Å²) in [6, 6.07) is 23.9. The molecule has 0 saturated heterocycles. The van der Waals surface area contributed by atoms with Crippen molar-refractivity contribution in [2.75, 3.05) is 0 Å². The number of hydrogen-bond donors (Lipinski definition) is 2. The molecule has 0 spiro atoms. The summed E-state index contributed by atoms with van der Waals surface area (Å²) in [7, 11) is 0. The Morgan fingerprint density at radius 2 is 1.45 bits per heavy atom. The number of fused-ring (bicyclic) bond motifs is 1. The first-order valence-electron chi connectivity index (χ1n) is 10.8. The lowest BCUT2D eigenvalue weighted by molar-refractivity contribution is 0.0843. The van der Waals surface area contributed by atoms with E-state index in [4.69, 9.17) is 0 Å². The van der Waals surface area contributed by atoms with Crippen molar-refractivity contribution in [1.29, 1.82) is 0 Å². The minimum Gasteiger partial charge on any atom is -0.267 e. The molecule has 0 unspecified atom stereocenters. The van der Waals surface area contributed by atoms with Gasteiger partial charge in [0.25, 0.3) is 17.4 Å². The van der Waals surface area contributed by atoms with Crippen LogP contribution in [0.5, 0.6) is 0 Å². The number of nitrogens with zero attached hydrogens (tertiary/aromatic N) is 2. The summed E-state index contributed by atoms with van der Waals surface area (Å²) >= 11 is 0. The predicted octanol–water partition coefficient (Wildman–Crippen LogP) is 3.47. The fraction of sp³-hybridized carbons (Fsp3) is 0.154. The molecule has 1 heterocycles. The summed E-state index contributed by atoms with van der Waals surface area (Å²) in [6.45, 7) is 2.32. The first-order chi connectivity index (χ1) is 16.1. The van der Waals surface area contributed by atoms with Crippen LogP contribution in [-0.2, 0) is 13.0 Å². The van der Waals surface area contributed by atoms with Gasteiger partial charge in [-0.1, -0.05) is 73.7 Å². The molecule has 2 N–H and O–H groups in total. The Morgan fingerprint density at radius 3 is 2.21 bits per heavy atom. The predicted molar refractivity (Wildman–Crippen MR) is 127 cm³/mol. The standard InChI is InChI=1S/C26H24N4O3/c1-2-16-30-26(33)22-15-9-8-14-21(22)23(29-30)25(32)28-27-24(31)20-13-7-6-12-19(20)17-18-10-4-3-5-11-18/h3-15H,2,16-17H2,1H3,(H,27,31)(H,28,32). The van der Waals surface area contributed by atoms with Crippen LogP contribution >= 0.6 is 0 Å². The molecule has 0 fully saturated rings. The van der Waals surface area contributed by atoms with Crippen LogP contribution in [0.4, 0.5) is 0 Å². The number of aromatic nitrogens is 2. The number of benzene rings is 3. The van der Waals surface area contributed by atoms with E-state index in [1.807, 2.05) is 49.4 Å². The molecular weight excluding hydrogens is 416 g/mol. The Balaban J connectivity index is 1.56. The van der Waals surface area contributed by atoms with Gasteiger partial charge >= 0.3 is 0 Å². The molecule has 0 radical (unpaired) electrons. The summed E-state index contributed by atoms with van der Waals surface area (Å²) in [5.74, 6) is -1.02. The molecule has 4 rings (SSSR count). The molecule has 1 aromatic heterocycles. The van der Waals surface area contributed by atoms with Gasteiger partial charge in [0.1, 0.15) is 0 Å². The highest BCUT2D eigenvalue weighted by molar-refractivity contribution is 6.06. The third-order valence-electron chi connectivity index (χ3n) is 5.31. The van der Waals surface area contributed by atoms with Crippen molar-refractivity contribution in [3.63, 3.8) is 0 Å². The van der Waals surface area contributed by atoms with E-state index in [1.54, 1.807) is 36.4 Å². The van der Waals surface area contributed by atoms with Gasteiger partial charge in [-0.2, -0.15) is 5.10 Å². The fourth-order valence-corrected chi connectivity index (χ4v) is 3.72. The lowest BCUT2D eigenvalue weighted by Gasteiger charge is -2.13. The smallest absolute Gasteiger partial charge is 0.267 e. The molecule has 7 nitrogen and oxygen atoms in total. The highest BCUT2D eigenvalue weighted by Gasteiger charge is 2.18. The number of carbonyl (C=O) groups is 2. The Morgan fingerprint density at radius 1 is 0.818 bits per heavy atom. The lowest BCUT2D eigenvalue weighted by atomic mass is 9.99. The fourth-order valence-electron chi connectivity index (χ4n) is 3.72. The molecule has 0 bridgehead atoms. The topological polar surface area (TPSA) is 93.1 Å². The van der Waals surface area contributed by atoms with Crippen molar-refractivity contribution in [2.45, 2.75) is 26.3 Å². The van der Waals surface area contributed by atoms with E-state index < -0.39 is 11.8 Å². The molecule has 0 aliphatic heterocycles. The van der Waals surface area contributed by atoms with Gasteiger partial charge in [0.05, 0.1) is 5.39 Å². The van der Waals surface area contributed by atoms with Gasteiger partial charge in [0.15, 0.2) is 5.69 Å². The van der Waals surface area contributed by atoms with Crippen LogP contribution in [0.15, 0.2) is 83.7 Å². The van der Waals surface area contributed by atoms with Gasteiger partial charge in [0, 0.05) is 17.5 Å². The highest BCUT2D eigenvalue weighted by Crippen LogP contribution is 2.15. The average molecular weight is 441 g/mol. The van der Waals surface area contributed by atoms with E-state index in [1.165, 1.54) is 4.68 Å². The van der Waals surface area contributed by atoms with Crippen LogP contribution in [0.2, 0.25) is 0 Å². The second-order valence-electron chi connectivity index (χ2n) is 7.65. The van der Waals surface area contributed by atoms with Crippen LogP contribution in [0.25, 0.3) is 10.8 Å². The summed E-state index contributed by atoms with van der Waals surface area (Å²) in [5, 5.41) is 5.10. The quantitative estimate of drug-likeness (QED) is 0.449. The summed E-state index contributed by atoms with van der Waals surface area (Å²) < 4.78 is 1.29. The molecule has 0 aliphatic rings. The maximum atomic E-state index is 12.9. The number of aryl methyl sites for hydroxylation is 1. The third-order valence-corrected chi connectivity index (χ3v) is 5.31. The van der Waals surface area contributed by atoms with Gasteiger partial charge in [0.2, 0.25) is 0 Å². The molecule has 166 valence electrons. The number of hydrazine groups is 1. The number of carbonyl (C=O) groups excluding carboxylic acids is 2. The van der Waals surface area contributed by atoms with Crippen LogP contribution in [0.1, 0.15) is 45.3 Å². The van der Waals surface area contributed by atoms with E-state index >= 15 is 0 Å². The van der Waals surface area contributed by atoms with Crippen molar-refractivity contribution >= 4 is 22.6 Å². The van der Waals surface area contributed by atoms with Gasteiger partial charge in [-0.25, -0.2) is 4.68 Å². The van der Waals surface area contributed by atoms with Crippen LogP contribution in [0, 0.1) is 0 Å². The molecule has 0 atom stereocenters. The number of nitrogens with one attached hydrogen (secondary N) is 2. The van der Waals surface area contributed by atoms with Gasteiger partial charge < -0.3 is 0 Å². The first kappa shape index (κ1) is 22.0. The second-order valence-corrected chi connectivity index (χ2v) is 7.65. The normalized spacial score (nSPS) is 10.7. The van der Waals surface area contributed by atoms with Crippen LogP contribution in [-0.4, -0.2) is 21.6 Å². The van der Waals surface area contributed by atoms with Crippen molar-refractivity contribution in [2.24, 2.45) is 0 Å². The monoisotopic (exact) mass is 440 g/mol. The largest absolute Gasteiger partial charge is 0.290 e. The van der Waals surface area contributed by atoms with Crippen molar-refractivity contribution in [1.82, 2.24) is 20.6 Å². The third kappa shape index (κ3) is 4.82. The molecule has 33 heavy (non-hydrogen) atoms. The van der Waals surface area contributed by atoms with Gasteiger partial charge in [-0.05, 0) is 36.1 Å². The highest BCUT2D eigenvalue weighted by atomic mass is 16.2.